The number of Topliss-reactive ketones (excluding diaryl/α,β-unsaturated/α-hetero) is 1. The van der Waals surface area contributed by atoms with E-state index in [2.05, 4.69) is 31.3 Å². The molecule has 0 aliphatic heterocycles. The molecule has 4 rings (SSSR count). The highest BCUT2D eigenvalue weighted by Gasteiger charge is 2.61. The van der Waals surface area contributed by atoms with Gasteiger partial charge in [-0.25, -0.2) is 0 Å². The molecule has 0 saturated heterocycles. The number of nitrogens with two attached hydrogens (primary N) is 1. The van der Waals surface area contributed by atoms with E-state index >= 15 is 0 Å². The number of fused-ring (bicyclic) bond motifs is 5. The Bertz CT molecular complexity index is 654. The van der Waals surface area contributed by atoms with Gasteiger partial charge >= 0.3 is 0 Å². The summed E-state index contributed by atoms with van der Waals surface area (Å²) in [5.41, 5.74) is 5.46. The van der Waals surface area contributed by atoms with Crippen LogP contribution < -0.4 is 11.1 Å². The van der Waals surface area contributed by atoms with Gasteiger partial charge in [0, 0.05) is 19.5 Å². The van der Waals surface area contributed by atoms with Crippen molar-refractivity contribution in [2.45, 2.75) is 58.5 Å². The summed E-state index contributed by atoms with van der Waals surface area (Å²) in [4.78, 5) is 25.3. The molecule has 3 fully saturated rings. The smallest absolute Gasteiger partial charge is 0.230 e. The van der Waals surface area contributed by atoms with Gasteiger partial charge in [-0.15, -0.1) is 0 Å². The second-order valence-corrected chi connectivity index (χ2v) is 10.00. The van der Waals surface area contributed by atoms with E-state index in [1.54, 1.807) is 0 Å². The van der Waals surface area contributed by atoms with Crippen LogP contribution in [0, 0.1) is 40.4 Å². The number of carbonyl (C=O) groups is 2. The minimum atomic E-state index is -0.584. The molecule has 0 aromatic carbocycles. The van der Waals surface area contributed by atoms with Gasteiger partial charge in [0.05, 0.1) is 12.0 Å². The quantitative estimate of drug-likeness (QED) is 0.521. The molecule has 5 nitrogen and oxygen atoms in total. The van der Waals surface area contributed by atoms with E-state index in [1.165, 1.54) is 0 Å². The zero-order valence-electron chi connectivity index (χ0n) is 16.6. The number of carbonyl (C=O) groups excluding carboxylic acids is 2. The maximum absolute atomic E-state index is 12.7. The predicted molar refractivity (Wildman–Crippen MR) is 104 cm³/mol. The van der Waals surface area contributed by atoms with E-state index in [0.717, 1.165) is 25.7 Å². The van der Waals surface area contributed by atoms with Gasteiger partial charge < -0.3 is 16.2 Å². The number of hydrogen-bond donors (Lipinski definition) is 3. The molecule has 4 N–H and O–H groups in total. The topological polar surface area (TPSA) is 92.4 Å². The third-order valence-corrected chi connectivity index (χ3v) is 8.56. The number of nitrogens with one attached hydrogen (secondary N) is 1. The van der Waals surface area contributed by atoms with Gasteiger partial charge in [-0.3, -0.25) is 9.59 Å². The lowest BCUT2D eigenvalue weighted by Crippen LogP contribution is -2.60. The van der Waals surface area contributed by atoms with Crippen LogP contribution >= 0.6 is 0 Å². The zero-order chi connectivity index (χ0) is 19.4. The molecule has 0 heterocycles. The van der Waals surface area contributed by atoms with Gasteiger partial charge in [-0.05, 0) is 66.6 Å². The van der Waals surface area contributed by atoms with Gasteiger partial charge in [-0.1, -0.05) is 26.0 Å². The molecular formula is C22H34N2O3. The molecule has 2 unspecified atom stereocenters. The monoisotopic (exact) mass is 374 g/mol. The Hall–Kier alpha value is -1.20. The van der Waals surface area contributed by atoms with Crippen LogP contribution in [0.15, 0.2) is 12.2 Å². The highest BCUT2D eigenvalue weighted by molar-refractivity contribution is 6.02. The minimum absolute atomic E-state index is 0.0723. The normalized spacial score (nSPS) is 48.5. The van der Waals surface area contributed by atoms with Crippen molar-refractivity contribution in [3.05, 3.63) is 12.2 Å². The van der Waals surface area contributed by atoms with Crippen molar-refractivity contribution in [2.24, 2.45) is 46.2 Å². The Kier molecular flexibility index (Phi) is 4.75. The molecule has 0 aromatic rings. The van der Waals surface area contributed by atoms with Gasteiger partial charge in [-0.2, -0.15) is 0 Å². The van der Waals surface area contributed by atoms with Crippen LogP contribution in [0.5, 0.6) is 0 Å². The summed E-state index contributed by atoms with van der Waals surface area (Å²) < 4.78 is 0. The van der Waals surface area contributed by atoms with Crippen LogP contribution in [0.4, 0.5) is 0 Å². The maximum Gasteiger partial charge on any atom is 0.230 e. The summed E-state index contributed by atoms with van der Waals surface area (Å²) >= 11 is 0. The Morgan fingerprint density at radius 3 is 2.85 bits per heavy atom. The third-order valence-electron chi connectivity index (χ3n) is 8.56. The molecule has 0 radical (unpaired) electrons. The number of aliphatic hydroxyl groups excluding tert-OH is 1. The van der Waals surface area contributed by atoms with E-state index in [1.807, 2.05) is 0 Å². The van der Waals surface area contributed by atoms with Crippen molar-refractivity contribution in [3.63, 3.8) is 0 Å². The fourth-order valence-corrected chi connectivity index (χ4v) is 7.31. The average molecular weight is 375 g/mol. The summed E-state index contributed by atoms with van der Waals surface area (Å²) in [6, 6.07) is 0. The van der Waals surface area contributed by atoms with E-state index in [-0.39, 0.29) is 40.5 Å². The SMILES string of the molecule is C[C@]12C=CC[C@H]1[C@@H]1CCC3CC(=O)C(C(=O)NCCN)C[C@@]3(C)[C@H]1[C@@H](O)C2. The van der Waals surface area contributed by atoms with Gasteiger partial charge in [0.2, 0.25) is 5.91 Å². The maximum atomic E-state index is 12.7. The Morgan fingerprint density at radius 1 is 1.33 bits per heavy atom. The predicted octanol–water partition coefficient (Wildman–Crippen LogP) is 2.04. The molecule has 0 bridgehead atoms. The van der Waals surface area contributed by atoms with E-state index < -0.39 is 5.92 Å². The fourth-order valence-electron chi connectivity index (χ4n) is 7.31. The van der Waals surface area contributed by atoms with Crippen molar-refractivity contribution >= 4 is 11.7 Å². The highest BCUT2D eigenvalue weighted by atomic mass is 16.3. The van der Waals surface area contributed by atoms with E-state index in [4.69, 9.17) is 5.73 Å². The number of allylic oxidation sites excluding steroid dienone is 2. The molecule has 27 heavy (non-hydrogen) atoms. The first kappa shape index (κ1) is 19.1. The van der Waals surface area contributed by atoms with Crippen LogP contribution in [-0.2, 0) is 9.59 Å². The molecule has 0 spiro atoms. The minimum Gasteiger partial charge on any atom is -0.393 e. The molecule has 5 heteroatoms. The van der Waals surface area contributed by atoms with Crippen LogP contribution in [0.2, 0.25) is 0 Å². The van der Waals surface area contributed by atoms with Crippen molar-refractivity contribution in [1.29, 1.82) is 0 Å². The number of hydrogen-bond acceptors (Lipinski definition) is 4. The summed E-state index contributed by atoms with van der Waals surface area (Å²) in [5.74, 6) is 0.860. The number of ketones is 1. The fraction of sp³-hybridized carbons (Fsp3) is 0.818. The van der Waals surface area contributed by atoms with Crippen LogP contribution in [0.25, 0.3) is 0 Å². The summed E-state index contributed by atoms with van der Waals surface area (Å²) in [6.45, 7) is 5.33. The molecule has 150 valence electrons. The Labute approximate surface area is 162 Å². The van der Waals surface area contributed by atoms with E-state index in [9.17, 15) is 14.7 Å². The largest absolute Gasteiger partial charge is 0.393 e. The molecule has 8 atom stereocenters. The number of aliphatic hydroxyl groups is 1. The number of rotatable bonds is 3. The first-order valence-electron chi connectivity index (χ1n) is 10.7. The molecule has 0 aromatic heterocycles. The lowest BCUT2D eigenvalue weighted by Gasteiger charge is -2.61. The van der Waals surface area contributed by atoms with Crippen molar-refractivity contribution in [1.82, 2.24) is 5.32 Å². The first-order valence-corrected chi connectivity index (χ1v) is 10.7. The Balaban J connectivity index is 1.62. The van der Waals surface area contributed by atoms with Gasteiger partial charge in [0.1, 0.15) is 5.78 Å². The Morgan fingerprint density at radius 2 is 2.11 bits per heavy atom. The van der Waals surface area contributed by atoms with Gasteiger partial charge in [0.25, 0.3) is 0 Å². The van der Waals surface area contributed by atoms with Crippen molar-refractivity contribution < 1.29 is 14.7 Å². The first-order chi connectivity index (χ1) is 12.8. The van der Waals surface area contributed by atoms with E-state index in [0.29, 0.717) is 37.8 Å². The van der Waals surface area contributed by atoms with Crippen LogP contribution in [-0.4, -0.2) is 36.0 Å². The highest BCUT2D eigenvalue weighted by Crippen LogP contribution is 2.65. The second-order valence-electron chi connectivity index (χ2n) is 10.00. The van der Waals surface area contributed by atoms with Crippen LogP contribution in [0.3, 0.4) is 0 Å². The van der Waals surface area contributed by atoms with Crippen molar-refractivity contribution in [3.8, 4) is 0 Å². The average Bonchev–Trinajstić information content (AvgIpc) is 3.00. The standard InChI is InChI=1S/C22H34N2O3/c1-21-7-3-4-16(21)14-6-5-13-10-17(25)15(20(27)24-9-8-23)11-22(13,2)19(14)18(26)12-21/h3,7,13-16,18-19,26H,4-6,8-12,23H2,1-2H3,(H,24,27)/t13?,14-,15?,16-,18-,19+,21+,22+/m0/s1. The molecule has 1 amide bonds. The lowest BCUT2D eigenvalue weighted by molar-refractivity contribution is -0.172. The lowest BCUT2D eigenvalue weighted by atomic mass is 9.43. The molecule has 4 aliphatic rings. The molecule has 4 aliphatic carbocycles. The number of amides is 1. The van der Waals surface area contributed by atoms with Gasteiger partial charge in [0.15, 0.2) is 0 Å². The summed E-state index contributed by atoms with van der Waals surface area (Å²) in [7, 11) is 0. The second kappa shape index (κ2) is 6.70. The summed E-state index contributed by atoms with van der Waals surface area (Å²) in [5, 5.41) is 14.0. The van der Waals surface area contributed by atoms with Crippen molar-refractivity contribution in [2.75, 3.05) is 13.1 Å². The zero-order valence-corrected chi connectivity index (χ0v) is 16.6. The van der Waals surface area contributed by atoms with Crippen LogP contribution in [0.1, 0.15) is 52.4 Å². The molecular weight excluding hydrogens is 340 g/mol. The third kappa shape index (κ3) is 2.89. The summed E-state index contributed by atoms with van der Waals surface area (Å²) in [6.07, 6.45) is 9.35. The molecule has 3 saturated carbocycles.